The molecule has 1 N–H and O–H groups in total. The number of rotatable bonds is 18. The van der Waals surface area contributed by atoms with Gasteiger partial charge in [0.15, 0.2) is 16.1 Å². The Kier molecular flexibility index (Phi) is 13.2. The molecule has 0 aliphatic heterocycles. The largest absolute Gasteiger partial charge is 0.331 e. The second-order valence-electron chi connectivity index (χ2n) is 9.15. The summed E-state index contributed by atoms with van der Waals surface area (Å²) in [6, 6.07) is 4.26. The van der Waals surface area contributed by atoms with Crippen LogP contribution in [0.2, 0.25) is 5.02 Å². The zero-order chi connectivity index (χ0) is 25.7. The van der Waals surface area contributed by atoms with E-state index in [1.807, 2.05) is 0 Å². The number of thiol groups is 1. The third-order valence-corrected chi connectivity index (χ3v) is 8.86. The predicted molar refractivity (Wildman–Crippen MR) is 146 cm³/mol. The molecule has 0 fully saturated rings. The van der Waals surface area contributed by atoms with E-state index in [0.29, 0.717) is 12.7 Å². The van der Waals surface area contributed by atoms with Gasteiger partial charge in [-0.3, -0.25) is 9.36 Å². The quantitative estimate of drug-likeness (QED) is 0.119. The monoisotopic (exact) mass is 542 g/mol. The van der Waals surface area contributed by atoms with Crippen LogP contribution >= 0.6 is 24.2 Å². The Morgan fingerprint density at radius 1 is 0.914 bits per heavy atom. The van der Waals surface area contributed by atoms with Crippen molar-refractivity contribution in [1.82, 2.24) is 9.55 Å². The van der Waals surface area contributed by atoms with Gasteiger partial charge in [-0.25, -0.2) is 13.2 Å². The number of imidazole rings is 1. The summed E-state index contributed by atoms with van der Waals surface area (Å²) in [5, 5.41) is 0.266. The van der Waals surface area contributed by atoms with Crippen molar-refractivity contribution in [2.45, 2.75) is 107 Å². The molecular formula is C26H39ClN2O4S2. The minimum atomic E-state index is -3.53. The Labute approximate surface area is 220 Å². The van der Waals surface area contributed by atoms with Crippen molar-refractivity contribution in [3.63, 3.8) is 0 Å². The number of H-pyrrole nitrogens is 1. The van der Waals surface area contributed by atoms with Gasteiger partial charge in [-0.05, 0) is 24.6 Å². The average molecular weight is 543 g/mol. The molecule has 6 nitrogen and oxygen atoms in total. The van der Waals surface area contributed by atoms with Crippen LogP contribution in [0.25, 0.3) is 5.69 Å². The number of sulfone groups is 1. The fraction of sp³-hybridized carbons (Fsp3) is 0.615. The van der Waals surface area contributed by atoms with Gasteiger partial charge in [-0.2, -0.15) is 0 Å². The Bertz CT molecular complexity index is 1090. The fourth-order valence-corrected chi connectivity index (χ4v) is 6.11. The lowest BCUT2D eigenvalue weighted by molar-refractivity contribution is 0.111. The minimum Gasteiger partial charge on any atom is -0.302 e. The van der Waals surface area contributed by atoms with Crippen LogP contribution in [0, 0.1) is 0 Å². The number of nitrogens with zero attached hydrogens (tertiary/aromatic N) is 1. The van der Waals surface area contributed by atoms with Gasteiger partial charge in [-0.1, -0.05) is 102 Å². The molecule has 0 amide bonds. The van der Waals surface area contributed by atoms with E-state index in [-0.39, 0.29) is 32.1 Å². The summed E-state index contributed by atoms with van der Waals surface area (Å²) in [6.07, 6.45) is 17.3. The SMILES string of the molecule is CCCCCCCCCCCCCCCCS(=O)(=O)c1ccc(Cl)c(-n2c(S)c(C=O)[nH]c2=O)c1. The normalized spacial score (nSPS) is 11.7. The Hall–Kier alpha value is -1.51. The van der Waals surface area contributed by atoms with E-state index < -0.39 is 15.5 Å². The highest BCUT2D eigenvalue weighted by Crippen LogP contribution is 2.27. The molecule has 2 aromatic rings. The molecule has 196 valence electrons. The number of carbonyl (C=O) groups excluding carboxylic acids is 1. The molecule has 0 aliphatic rings. The fourth-order valence-electron chi connectivity index (χ4n) is 4.21. The predicted octanol–water partition coefficient (Wildman–Crippen LogP) is 7.18. The van der Waals surface area contributed by atoms with Gasteiger partial charge in [0.05, 0.1) is 21.4 Å². The number of benzene rings is 1. The summed E-state index contributed by atoms with van der Waals surface area (Å²) in [7, 11) is -3.53. The van der Waals surface area contributed by atoms with Gasteiger partial charge < -0.3 is 4.98 Å². The van der Waals surface area contributed by atoms with E-state index in [9.17, 15) is 18.0 Å². The number of halogens is 1. The van der Waals surface area contributed by atoms with Gasteiger partial charge in [0, 0.05) is 0 Å². The number of nitrogens with one attached hydrogen (secondary N) is 1. The van der Waals surface area contributed by atoms with Gasteiger partial charge in [0.2, 0.25) is 0 Å². The highest BCUT2D eigenvalue weighted by molar-refractivity contribution is 7.91. The summed E-state index contributed by atoms with van der Waals surface area (Å²) in [6.45, 7) is 2.24. The van der Waals surface area contributed by atoms with E-state index in [4.69, 9.17) is 11.6 Å². The van der Waals surface area contributed by atoms with Gasteiger partial charge in [0.25, 0.3) is 0 Å². The van der Waals surface area contributed by atoms with Crippen LogP contribution in [0.5, 0.6) is 0 Å². The lowest BCUT2D eigenvalue weighted by atomic mass is 10.0. The minimum absolute atomic E-state index is 0.00469. The molecule has 1 aromatic heterocycles. The smallest absolute Gasteiger partial charge is 0.302 e. The number of unbranched alkanes of at least 4 members (excludes halogenated alkanes) is 13. The number of aldehydes is 1. The lowest BCUT2D eigenvalue weighted by Gasteiger charge is -2.10. The highest BCUT2D eigenvalue weighted by Gasteiger charge is 2.19. The van der Waals surface area contributed by atoms with Crippen molar-refractivity contribution in [2.75, 3.05) is 5.75 Å². The molecule has 0 bridgehead atoms. The van der Waals surface area contributed by atoms with E-state index in [1.165, 1.54) is 82.4 Å². The third kappa shape index (κ3) is 9.47. The van der Waals surface area contributed by atoms with E-state index in [0.717, 1.165) is 23.8 Å². The van der Waals surface area contributed by atoms with Crippen LogP contribution in [0.3, 0.4) is 0 Å². The van der Waals surface area contributed by atoms with E-state index in [1.54, 1.807) is 0 Å². The van der Waals surface area contributed by atoms with Crippen molar-refractivity contribution in [2.24, 2.45) is 0 Å². The molecule has 2 rings (SSSR count). The molecule has 1 aromatic carbocycles. The molecule has 9 heteroatoms. The highest BCUT2D eigenvalue weighted by atomic mass is 35.5. The van der Waals surface area contributed by atoms with E-state index in [2.05, 4.69) is 24.5 Å². The average Bonchev–Trinajstić information content (AvgIpc) is 3.12. The van der Waals surface area contributed by atoms with Crippen molar-refractivity contribution in [3.8, 4) is 5.69 Å². The maximum Gasteiger partial charge on any atom is 0.331 e. The molecule has 35 heavy (non-hydrogen) atoms. The van der Waals surface area contributed by atoms with Crippen LogP contribution < -0.4 is 5.69 Å². The van der Waals surface area contributed by atoms with Gasteiger partial charge >= 0.3 is 5.69 Å². The molecule has 1 heterocycles. The molecule has 0 saturated carbocycles. The first kappa shape index (κ1) is 29.7. The number of hydrogen-bond donors (Lipinski definition) is 2. The van der Waals surface area contributed by atoms with Gasteiger partial charge in [-0.15, -0.1) is 12.6 Å². The Balaban J connectivity index is 1.74. The summed E-state index contributed by atoms with van der Waals surface area (Å²) >= 11 is 10.4. The number of aromatic nitrogens is 2. The summed E-state index contributed by atoms with van der Waals surface area (Å²) in [5.74, 6) is 0.0431. The third-order valence-electron chi connectivity index (χ3n) is 6.30. The van der Waals surface area contributed by atoms with E-state index >= 15 is 0 Å². The molecule has 0 radical (unpaired) electrons. The summed E-state index contributed by atoms with van der Waals surface area (Å²) < 4.78 is 26.8. The molecule has 0 spiro atoms. The first-order valence-corrected chi connectivity index (χ1v) is 15.3. The van der Waals surface area contributed by atoms with Crippen LogP contribution in [-0.4, -0.2) is 30.0 Å². The number of aromatic amines is 1. The van der Waals surface area contributed by atoms with Crippen molar-refractivity contribution >= 4 is 40.4 Å². The van der Waals surface area contributed by atoms with Crippen molar-refractivity contribution in [3.05, 3.63) is 39.4 Å². The van der Waals surface area contributed by atoms with Crippen molar-refractivity contribution < 1.29 is 13.2 Å². The van der Waals surface area contributed by atoms with Crippen LogP contribution in [0.15, 0.2) is 32.9 Å². The van der Waals surface area contributed by atoms with Crippen LogP contribution in [-0.2, 0) is 9.84 Å². The molecule has 0 unspecified atom stereocenters. The summed E-state index contributed by atoms with van der Waals surface area (Å²) in [4.78, 5) is 25.8. The molecule has 0 aliphatic carbocycles. The second-order valence-corrected chi connectivity index (χ2v) is 12.1. The first-order valence-electron chi connectivity index (χ1n) is 12.8. The van der Waals surface area contributed by atoms with Crippen LogP contribution in [0.4, 0.5) is 0 Å². The first-order chi connectivity index (χ1) is 16.8. The topological polar surface area (TPSA) is 89.0 Å². The maximum atomic E-state index is 12.9. The summed E-state index contributed by atoms with van der Waals surface area (Å²) in [5.41, 5.74) is -0.432. The Morgan fingerprint density at radius 2 is 1.43 bits per heavy atom. The maximum absolute atomic E-state index is 12.9. The zero-order valence-corrected chi connectivity index (χ0v) is 23.2. The number of hydrogen-bond acceptors (Lipinski definition) is 5. The Morgan fingerprint density at radius 3 is 1.91 bits per heavy atom. The standard InChI is InChI=1S/C26H39ClN2O4S2/c1-2-3-4-5-6-7-8-9-10-11-12-13-14-15-18-35(32,33)21-16-17-22(27)24(19-21)29-25(34)23(20-30)28-26(29)31/h16-17,19-20,34H,2-15,18H2,1H3,(H,28,31). The van der Waals surface area contributed by atoms with Crippen LogP contribution in [0.1, 0.15) is 107 Å². The molecule has 0 saturated heterocycles. The zero-order valence-electron chi connectivity index (χ0n) is 20.7. The number of carbonyl (C=O) groups is 1. The molecular weight excluding hydrogens is 504 g/mol. The lowest BCUT2D eigenvalue weighted by Crippen LogP contribution is -2.16. The second kappa shape index (κ2) is 15.6. The molecule has 0 atom stereocenters. The van der Waals surface area contributed by atoms with Gasteiger partial charge in [0.1, 0.15) is 10.7 Å². The van der Waals surface area contributed by atoms with Crippen molar-refractivity contribution in [1.29, 1.82) is 0 Å².